The number of hydrogen-bond donors (Lipinski definition) is 3. The molecule has 1 aliphatic heterocycles. The van der Waals surface area contributed by atoms with Gasteiger partial charge in [0.25, 0.3) is 0 Å². The van der Waals surface area contributed by atoms with Gasteiger partial charge in [0, 0.05) is 26.2 Å². The molecule has 0 saturated carbocycles. The Balaban J connectivity index is 2.30. The van der Waals surface area contributed by atoms with E-state index in [0.29, 0.717) is 11.4 Å². The van der Waals surface area contributed by atoms with Crippen LogP contribution < -0.4 is 0 Å². The zero-order chi connectivity index (χ0) is 17.7. The van der Waals surface area contributed by atoms with Crippen LogP contribution in [0.25, 0.3) is 0 Å². The number of carbonyl (C=O) groups is 3. The Hall–Kier alpha value is -3.04. The molecule has 0 atom stereocenters. The van der Waals surface area contributed by atoms with Crippen molar-refractivity contribution in [2.45, 2.75) is 13.1 Å². The summed E-state index contributed by atoms with van der Waals surface area (Å²) >= 11 is 0. The van der Waals surface area contributed by atoms with Crippen molar-refractivity contribution in [1.82, 2.24) is 19.7 Å². The SMILES string of the molecule is O=C(O)N1CCN(C(=O)O)Cc2cccc(n2)CN(C(=O)O)CC1. The molecule has 2 bridgehead atoms. The second-order valence-corrected chi connectivity index (χ2v) is 5.30. The largest absolute Gasteiger partial charge is 0.465 e. The number of nitrogens with zero attached hydrogens (tertiary/aromatic N) is 4. The smallest absolute Gasteiger partial charge is 0.407 e. The fourth-order valence-electron chi connectivity index (χ4n) is 2.37. The van der Waals surface area contributed by atoms with Crippen molar-refractivity contribution in [1.29, 1.82) is 0 Å². The van der Waals surface area contributed by atoms with E-state index in [0.717, 1.165) is 14.7 Å². The second-order valence-electron chi connectivity index (χ2n) is 5.30. The van der Waals surface area contributed by atoms with Gasteiger partial charge in [-0.1, -0.05) is 6.07 Å². The molecule has 1 aromatic heterocycles. The molecule has 2 rings (SSSR count). The van der Waals surface area contributed by atoms with Crippen molar-refractivity contribution >= 4 is 18.3 Å². The van der Waals surface area contributed by atoms with E-state index < -0.39 is 18.3 Å². The third-order valence-corrected chi connectivity index (χ3v) is 3.66. The highest BCUT2D eigenvalue weighted by molar-refractivity contribution is 5.67. The van der Waals surface area contributed by atoms with Crippen LogP contribution in [0, 0.1) is 0 Å². The molecular weight excluding hydrogens is 320 g/mol. The Bertz CT molecular complexity index is 594. The van der Waals surface area contributed by atoms with Crippen molar-refractivity contribution in [2.24, 2.45) is 0 Å². The van der Waals surface area contributed by atoms with E-state index in [1.165, 1.54) is 0 Å². The van der Waals surface area contributed by atoms with Crippen LogP contribution in [0.4, 0.5) is 14.4 Å². The van der Waals surface area contributed by atoms with Gasteiger partial charge in [0.2, 0.25) is 0 Å². The standard InChI is InChI=1S/C14H18N4O6/c19-12(20)16-4-6-17(13(21)22)8-10-2-1-3-11(15-10)9-18(7-5-16)14(23)24/h1-3H,4-9H2,(H,19,20)(H,21,22)(H,23,24). The van der Waals surface area contributed by atoms with Crippen molar-refractivity contribution in [3.05, 3.63) is 29.6 Å². The fraction of sp³-hybridized carbons (Fsp3) is 0.429. The van der Waals surface area contributed by atoms with Crippen molar-refractivity contribution in [3.8, 4) is 0 Å². The lowest BCUT2D eigenvalue weighted by Crippen LogP contribution is -2.44. The first kappa shape index (κ1) is 17.3. The number of fused-ring (bicyclic) bond motifs is 2. The highest BCUT2D eigenvalue weighted by atomic mass is 16.4. The molecule has 0 radical (unpaired) electrons. The van der Waals surface area contributed by atoms with Crippen LogP contribution in [-0.2, 0) is 13.1 Å². The van der Waals surface area contributed by atoms with E-state index in [4.69, 9.17) is 0 Å². The van der Waals surface area contributed by atoms with Crippen LogP contribution in [0.3, 0.4) is 0 Å². The van der Waals surface area contributed by atoms with E-state index in [9.17, 15) is 29.7 Å². The quantitative estimate of drug-likeness (QED) is 0.643. The number of hydrogen-bond acceptors (Lipinski definition) is 4. The Morgan fingerprint density at radius 1 is 0.750 bits per heavy atom. The van der Waals surface area contributed by atoms with E-state index in [1.807, 2.05) is 0 Å². The Kier molecular flexibility index (Phi) is 5.40. The lowest BCUT2D eigenvalue weighted by atomic mass is 10.2. The minimum Gasteiger partial charge on any atom is -0.465 e. The van der Waals surface area contributed by atoms with Gasteiger partial charge in [0.15, 0.2) is 0 Å². The summed E-state index contributed by atoms with van der Waals surface area (Å²) in [5.41, 5.74) is 0.949. The van der Waals surface area contributed by atoms with E-state index in [2.05, 4.69) is 4.98 Å². The van der Waals surface area contributed by atoms with Crippen molar-refractivity contribution in [2.75, 3.05) is 26.2 Å². The zero-order valence-corrected chi connectivity index (χ0v) is 12.8. The number of aromatic nitrogens is 1. The van der Waals surface area contributed by atoms with E-state index >= 15 is 0 Å². The molecule has 10 nitrogen and oxygen atoms in total. The van der Waals surface area contributed by atoms with Crippen LogP contribution in [0.15, 0.2) is 18.2 Å². The number of rotatable bonds is 0. The fourth-order valence-corrected chi connectivity index (χ4v) is 2.37. The Morgan fingerprint density at radius 3 is 1.50 bits per heavy atom. The Morgan fingerprint density at radius 2 is 1.12 bits per heavy atom. The number of amides is 3. The predicted octanol–water partition coefficient (Wildman–Crippen LogP) is 1.04. The maximum Gasteiger partial charge on any atom is 0.407 e. The summed E-state index contributed by atoms with van der Waals surface area (Å²) in [7, 11) is 0. The van der Waals surface area contributed by atoms with E-state index in [-0.39, 0.29) is 39.3 Å². The van der Waals surface area contributed by atoms with Gasteiger partial charge in [-0.3, -0.25) is 4.98 Å². The van der Waals surface area contributed by atoms with Gasteiger partial charge >= 0.3 is 18.3 Å². The van der Waals surface area contributed by atoms with Crippen molar-refractivity contribution < 1.29 is 29.7 Å². The van der Waals surface area contributed by atoms with Gasteiger partial charge in [-0.25, -0.2) is 14.4 Å². The van der Waals surface area contributed by atoms with Crippen LogP contribution >= 0.6 is 0 Å². The maximum absolute atomic E-state index is 11.3. The third-order valence-electron chi connectivity index (χ3n) is 3.66. The monoisotopic (exact) mass is 338 g/mol. The normalized spacial score (nSPS) is 16.1. The van der Waals surface area contributed by atoms with Crippen LogP contribution in [0.1, 0.15) is 11.4 Å². The van der Waals surface area contributed by atoms with Crippen LogP contribution in [0.5, 0.6) is 0 Å². The molecule has 0 aromatic carbocycles. The molecule has 3 amide bonds. The summed E-state index contributed by atoms with van der Waals surface area (Å²) in [6, 6.07) is 4.98. The van der Waals surface area contributed by atoms with Crippen molar-refractivity contribution in [3.63, 3.8) is 0 Å². The molecule has 1 aliphatic rings. The molecule has 3 N–H and O–H groups in total. The molecule has 130 valence electrons. The number of carboxylic acid groups (broad SMARTS) is 3. The predicted molar refractivity (Wildman–Crippen MR) is 80.7 cm³/mol. The summed E-state index contributed by atoms with van der Waals surface area (Å²) in [4.78, 5) is 41.4. The van der Waals surface area contributed by atoms with Gasteiger partial charge in [-0.2, -0.15) is 0 Å². The maximum atomic E-state index is 11.3. The van der Waals surface area contributed by atoms with Crippen LogP contribution in [-0.4, -0.2) is 79.5 Å². The molecule has 1 aromatic rings. The summed E-state index contributed by atoms with van der Waals surface area (Å²) in [6.07, 6.45) is -3.56. The highest BCUT2D eigenvalue weighted by Gasteiger charge is 2.21. The average Bonchev–Trinajstić information content (AvgIpc) is 2.50. The summed E-state index contributed by atoms with van der Waals surface area (Å²) in [6.45, 7) is -0.141. The van der Waals surface area contributed by atoms with Crippen LogP contribution in [0.2, 0.25) is 0 Å². The van der Waals surface area contributed by atoms with Gasteiger partial charge < -0.3 is 30.0 Å². The Labute approximate surface area is 137 Å². The van der Waals surface area contributed by atoms with Gasteiger partial charge in [0.05, 0.1) is 24.5 Å². The lowest BCUT2D eigenvalue weighted by molar-refractivity contribution is 0.108. The summed E-state index contributed by atoms with van der Waals surface area (Å²) in [5, 5.41) is 27.7. The highest BCUT2D eigenvalue weighted by Crippen LogP contribution is 2.09. The third kappa shape index (κ3) is 4.48. The molecule has 2 heterocycles. The molecule has 0 spiro atoms. The second kappa shape index (κ2) is 7.49. The first-order chi connectivity index (χ1) is 11.4. The molecule has 0 saturated heterocycles. The first-order valence-electron chi connectivity index (χ1n) is 7.25. The number of pyridine rings is 1. The summed E-state index contributed by atoms with van der Waals surface area (Å²) < 4.78 is 0. The van der Waals surface area contributed by atoms with E-state index in [1.54, 1.807) is 18.2 Å². The molecule has 24 heavy (non-hydrogen) atoms. The lowest BCUT2D eigenvalue weighted by Gasteiger charge is -2.28. The first-order valence-corrected chi connectivity index (χ1v) is 7.25. The minimum absolute atomic E-state index is 0.00367. The topological polar surface area (TPSA) is 135 Å². The summed E-state index contributed by atoms with van der Waals surface area (Å²) in [5.74, 6) is 0. The minimum atomic E-state index is -1.22. The molecule has 10 heteroatoms. The van der Waals surface area contributed by atoms with Gasteiger partial charge in [-0.15, -0.1) is 0 Å². The average molecular weight is 338 g/mol. The molecule has 0 unspecified atom stereocenters. The van der Waals surface area contributed by atoms with Gasteiger partial charge in [-0.05, 0) is 12.1 Å². The molecule has 0 aliphatic carbocycles. The molecule has 0 fully saturated rings. The zero-order valence-electron chi connectivity index (χ0n) is 12.8. The van der Waals surface area contributed by atoms with Gasteiger partial charge in [0.1, 0.15) is 0 Å². The molecular formula is C14H18N4O6.